The quantitative estimate of drug-likeness (QED) is 0.171. The molecule has 0 aliphatic carbocycles. The molecule has 6 nitrogen and oxygen atoms in total. The van der Waals surface area contributed by atoms with Crippen LogP contribution in [-0.4, -0.2) is 59.0 Å². The molecule has 0 saturated carbocycles. The van der Waals surface area contributed by atoms with Gasteiger partial charge in [0.25, 0.3) is 0 Å². The molecule has 7 rings (SSSR count). The third kappa shape index (κ3) is 5.36. The summed E-state index contributed by atoms with van der Waals surface area (Å²) < 4.78 is 8.46. The Morgan fingerprint density at radius 2 is 1.27 bits per heavy atom. The number of benzene rings is 4. The van der Waals surface area contributed by atoms with Gasteiger partial charge in [0.2, 0.25) is 0 Å². The van der Waals surface area contributed by atoms with Crippen molar-refractivity contribution in [1.29, 1.82) is 0 Å². The largest absolute Gasteiger partial charge is 0.491 e. The lowest BCUT2D eigenvalue weighted by atomic mass is 9.77. The van der Waals surface area contributed by atoms with Crippen molar-refractivity contribution in [2.45, 2.75) is 25.5 Å². The van der Waals surface area contributed by atoms with E-state index < -0.39 is 5.54 Å². The van der Waals surface area contributed by atoms with Crippen LogP contribution in [0.4, 0.5) is 5.82 Å². The predicted octanol–water partition coefficient (Wildman–Crippen LogP) is 7.48. The van der Waals surface area contributed by atoms with Crippen molar-refractivity contribution in [2.24, 2.45) is 0 Å². The van der Waals surface area contributed by atoms with E-state index in [0.29, 0.717) is 0 Å². The first-order chi connectivity index (χ1) is 22.0. The SMILES string of the molecule is CC(C)Oc1ccc2c(c1)c(-c1ccnc(N3CCN(C)CC3)c1)nn2C(c1ccccc1)(c1ccccc1)c1ccccc1. The van der Waals surface area contributed by atoms with Crippen molar-refractivity contribution in [3.05, 3.63) is 144 Å². The summed E-state index contributed by atoms with van der Waals surface area (Å²) in [6.45, 7) is 8.07. The summed E-state index contributed by atoms with van der Waals surface area (Å²) >= 11 is 0. The highest BCUT2D eigenvalue weighted by atomic mass is 16.5. The number of fused-ring (bicyclic) bond motifs is 1. The Labute approximate surface area is 265 Å². The van der Waals surface area contributed by atoms with Gasteiger partial charge < -0.3 is 14.5 Å². The summed E-state index contributed by atoms with van der Waals surface area (Å²) in [5, 5.41) is 6.62. The van der Waals surface area contributed by atoms with Gasteiger partial charge in [0.1, 0.15) is 22.8 Å². The minimum Gasteiger partial charge on any atom is -0.491 e. The molecule has 6 aromatic rings. The van der Waals surface area contributed by atoms with Gasteiger partial charge in [-0.05, 0) is 67.9 Å². The number of ether oxygens (including phenoxy) is 1. The number of nitrogens with zero attached hydrogens (tertiary/aromatic N) is 5. The molecule has 226 valence electrons. The lowest BCUT2D eigenvalue weighted by Gasteiger charge is -2.37. The molecule has 2 aromatic heterocycles. The van der Waals surface area contributed by atoms with E-state index in [1.807, 2.05) is 6.20 Å². The van der Waals surface area contributed by atoms with Crippen LogP contribution in [-0.2, 0) is 5.54 Å². The van der Waals surface area contributed by atoms with E-state index in [4.69, 9.17) is 14.8 Å². The molecule has 0 bridgehead atoms. The molecule has 1 aliphatic heterocycles. The lowest BCUT2D eigenvalue weighted by Crippen LogP contribution is -2.44. The fourth-order valence-corrected chi connectivity index (χ4v) is 6.59. The third-order valence-corrected chi connectivity index (χ3v) is 8.76. The fourth-order valence-electron chi connectivity index (χ4n) is 6.59. The zero-order chi connectivity index (χ0) is 30.8. The molecule has 0 amide bonds. The smallest absolute Gasteiger partial charge is 0.138 e. The highest BCUT2D eigenvalue weighted by Gasteiger charge is 2.41. The Morgan fingerprint density at radius 1 is 0.689 bits per heavy atom. The first-order valence-electron chi connectivity index (χ1n) is 15.8. The highest BCUT2D eigenvalue weighted by Crippen LogP contribution is 2.44. The van der Waals surface area contributed by atoms with E-state index in [1.54, 1.807) is 0 Å². The maximum absolute atomic E-state index is 6.23. The summed E-state index contributed by atoms with van der Waals surface area (Å²) in [5.41, 5.74) is 5.62. The molecule has 1 fully saturated rings. The zero-order valence-electron chi connectivity index (χ0n) is 26.2. The third-order valence-electron chi connectivity index (χ3n) is 8.76. The summed E-state index contributed by atoms with van der Waals surface area (Å²) in [6, 6.07) is 42.8. The van der Waals surface area contributed by atoms with Crippen LogP contribution in [0.2, 0.25) is 0 Å². The van der Waals surface area contributed by atoms with Crippen molar-refractivity contribution in [1.82, 2.24) is 19.7 Å². The molecule has 45 heavy (non-hydrogen) atoms. The van der Waals surface area contributed by atoms with Crippen LogP contribution in [0.3, 0.4) is 0 Å². The van der Waals surface area contributed by atoms with Crippen molar-refractivity contribution in [3.8, 4) is 17.0 Å². The van der Waals surface area contributed by atoms with Gasteiger partial charge in [0.05, 0.1) is 11.6 Å². The minimum absolute atomic E-state index is 0.0581. The molecular weight excluding hydrogens is 554 g/mol. The van der Waals surface area contributed by atoms with Crippen LogP contribution in [0.25, 0.3) is 22.2 Å². The van der Waals surface area contributed by atoms with Gasteiger partial charge in [-0.25, -0.2) is 9.67 Å². The fraction of sp³-hybridized carbons (Fsp3) is 0.231. The zero-order valence-corrected chi connectivity index (χ0v) is 26.2. The van der Waals surface area contributed by atoms with Crippen LogP contribution < -0.4 is 9.64 Å². The second-order valence-corrected chi connectivity index (χ2v) is 12.1. The Hall–Kier alpha value is -4.94. The van der Waals surface area contributed by atoms with E-state index in [0.717, 1.165) is 76.6 Å². The van der Waals surface area contributed by atoms with Gasteiger partial charge in [-0.1, -0.05) is 91.0 Å². The molecule has 0 atom stereocenters. The number of aromatic nitrogens is 3. The molecular formula is C39H39N5O. The van der Waals surface area contributed by atoms with Gasteiger partial charge in [0, 0.05) is 43.3 Å². The molecule has 0 radical (unpaired) electrons. The maximum atomic E-state index is 6.23. The van der Waals surface area contributed by atoms with E-state index in [-0.39, 0.29) is 6.10 Å². The predicted molar refractivity (Wildman–Crippen MR) is 183 cm³/mol. The number of pyridine rings is 1. The molecule has 1 saturated heterocycles. The molecule has 3 heterocycles. The highest BCUT2D eigenvalue weighted by molar-refractivity contribution is 5.95. The number of piperazine rings is 1. The Kier molecular flexibility index (Phi) is 7.82. The monoisotopic (exact) mass is 593 g/mol. The topological polar surface area (TPSA) is 46.4 Å². The minimum atomic E-state index is -0.742. The molecule has 0 spiro atoms. The molecule has 6 heteroatoms. The average molecular weight is 594 g/mol. The molecule has 0 N–H and O–H groups in total. The number of anilines is 1. The summed E-state index contributed by atoms with van der Waals surface area (Å²) in [6.07, 6.45) is 1.98. The maximum Gasteiger partial charge on any atom is 0.138 e. The van der Waals surface area contributed by atoms with Crippen LogP contribution in [0.1, 0.15) is 30.5 Å². The first-order valence-corrected chi connectivity index (χ1v) is 15.8. The number of rotatable bonds is 8. The van der Waals surface area contributed by atoms with Gasteiger partial charge in [-0.3, -0.25) is 0 Å². The van der Waals surface area contributed by atoms with Crippen molar-refractivity contribution in [2.75, 3.05) is 38.1 Å². The van der Waals surface area contributed by atoms with Crippen molar-refractivity contribution >= 4 is 16.7 Å². The first kappa shape index (κ1) is 28.8. The Balaban J connectivity index is 1.52. The van der Waals surface area contributed by atoms with E-state index >= 15 is 0 Å². The second kappa shape index (κ2) is 12.2. The Bertz CT molecular complexity index is 1780. The van der Waals surface area contributed by atoms with Gasteiger partial charge in [0.15, 0.2) is 0 Å². The summed E-state index contributed by atoms with van der Waals surface area (Å²) in [5.74, 6) is 1.81. The normalized spacial score (nSPS) is 14.3. The van der Waals surface area contributed by atoms with Gasteiger partial charge in [-0.15, -0.1) is 0 Å². The Morgan fingerprint density at radius 3 is 1.82 bits per heavy atom. The van der Waals surface area contributed by atoms with Crippen molar-refractivity contribution in [3.63, 3.8) is 0 Å². The van der Waals surface area contributed by atoms with Gasteiger partial charge >= 0.3 is 0 Å². The van der Waals surface area contributed by atoms with E-state index in [9.17, 15) is 0 Å². The van der Waals surface area contributed by atoms with Crippen LogP contribution in [0.5, 0.6) is 5.75 Å². The van der Waals surface area contributed by atoms with Crippen LogP contribution in [0, 0.1) is 0 Å². The van der Waals surface area contributed by atoms with Crippen LogP contribution in [0.15, 0.2) is 128 Å². The summed E-state index contributed by atoms with van der Waals surface area (Å²) in [7, 11) is 2.18. The standard InChI is InChI=1S/C39H39N5O/c1-29(2)45-34-19-20-36-35(28-34)38(30-21-22-40-37(27-30)43-25-23-42(3)24-26-43)41-44(36)39(31-13-7-4-8-14-31,32-15-9-5-10-16-32)33-17-11-6-12-18-33/h4-22,27-29H,23-26H2,1-3H3. The number of hydrogen-bond donors (Lipinski definition) is 0. The molecule has 4 aromatic carbocycles. The van der Waals surface area contributed by atoms with Crippen LogP contribution >= 0.6 is 0 Å². The second-order valence-electron chi connectivity index (χ2n) is 12.1. The average Bonchev–Trinajstić information content (AvgIpc) is 3.46. The molecule has 0 unspecified atom stereocenters. The number of hydrogen-bond acceptors (Lipinski definition) is 5. The lowest BCUT2D eigenvalue weighted by molar-refractivity contribution is 0.243. The summed E-state index contributed by atoms with van der Waals surface area (Å²) in [4.78, 5) is 9.53. The van der Waals surface area contributed by atoms with E-state index in [1.165, 1.54) is 0 Å². The molecule has 1 aliphatic rings. The van der Waals surface area contributed by atoms with Crippen molar-refractivity contribution < 1.29 is 4.74 Å². The van der Waals surface area contributed by atoms with Gasteiger partial charge in [-0.2, -0.15) is 5.10 Å². The van der Waals surface area contributed by atoms with E-state index in [2.05, 4.69) is 157 Å². The number of likely N-dealkylation sites (N-methyl/N-ethyl adjacent to an activating group) is 1.